The highest BCUT2D eigenvalue weighted by molar-refractivity contribution is 5.97. The Morgan fingerprint density at radius 2 is 1.63 bits per heavy atom. The first kappa shape index (κ1) is 20.5. The van der Waals surface area contributed by atoms with E-state index in [0.29, 0.717) is 6.42 Å². The van der Waals surface area contributed by atoms with Gasteiger partial charge in [0, 0.05) is 23.5 Å². The predicted octanol–water partition coefficient (Wildman–Crippen LogP) is 4.74. The minimum Gasteiger partial charge on any atom is -0.374 e. The number of rotatable bonds is 8. The number of hydrogen-bond donors (Lipinski definition) is 3. The van der Waals surface area contributed by atoms with Gasteiger partial charge in [-0.3, -0.25) is 9.59 Å². The first-order chi connectivity index (χ1) is 12.9. The number of anilines is 3. The van der Waals surface area contributed by atoms with E-state index in [-0.39, 0.29) is 11.8 Å². The molecule has 1 atom stereocenters. The summed E-state index contributed by atoms with van der Waals surface area (Å²) in [4.78, 5) is 24.3. The van der Waals surface area contributed by atoms with E-state index in [1.807, 2.05) is 63.2 Å². The Hall–Kier alpha value is -2.82. The van der Waals surface area contributed by atoms with Crippen molar-refractivity contribution in [3.63, 3.8) is 0 Å². The van der Waals surface area contributed by atoms with Crippen molar-refractivity contribution >= 4 is 28.9 Å². The molecule has 0 saturated heterocycles. The van der Waals surface area contributed by atoms with Gasteiger partial charge in [0.15, 0.2) is 0 Å². The summed E-state index contributed by atoms with van der Waals surface area (Å²) >= 11 is 0. The van der Waals surface area contributed by atoms with Crippen molar-refractivity contribution in [2.24, 2.45) is 0 Å². The molecule has 2 amide bonds. The maximum Gasteiger partial charge on any atom is 0.246 e. The van der Waals surface area contributed by atoms with Crippen molar-refractivity contribution in [3.05, 3.63) is 53.6 Å². The summed E-state index contributed by atoms with van der Waals surface area (Å²) in [6, 6.07) is 13.1. The SMILES string of the molecule is CCCC(=O)Nc1cccc(NC(C)C(=O)Nc2ccc(CC)cc2)c1C. The highest BCUT2D eigenvalue weighted by Crippen LogP contribution is 2.24. The molecule has 0 fully saturated rings. The second-order valence-corrected chi connectivity index (χ2v) is 6.68. The van der Waals surface area contributed by atoms with Crippen LogP contribution in [-0.2, 0) is 16.0 Å². The van der Waals surface area contributed by atoms with E-state index in [9.17, 15) is 9.59 Å². The third-order valence-electron chi connectivity index (χ3n) is 4.48. The van der Waals surface area contributed by atoms with Gasteiger partial charge in [0.25, 0.3) is 0 Å². The minimum atomic E-state index is -0.420. The molecule has 2 aromatic carbocycles. The van der Waals surface area contributed by atoms with Crippen molar-refractivity contribution in [1.82, 2.24) is 0 Å². The van der Waals surface area contributed by atoms with Crippen molar-refractivity contribution in [2.75, 3.05) is 16.0 Å². The van der Waals surface area contributed by atoms with E-state index in [1.165, 1.54) is 5.56 Å². The van der Waals surface area contributed by atoms with E-state index >= 15 is 0 Å². The molecule has 0 heterocycles. The Morgan fingerprint density at radius 3 is 2.26 bits per heavy atom. The molecule has 0 bridgehead atoms. The summed E-state index contributed by atoms with van der Waals surface area (Å²) < 4.78 is 0. The van der Waals surface area contributed by atoms with Gasteiger partial charge in [0.05, 0.1) is 0 Å². The van der Waals surface area contributed by atoms with Gasteiger partial charge in [0.1, 0.15) is 6.04 Å². The zero-order valence-electron chi connectivity index (χ0n) is 16.6. The molecule has 0 saturated carbocycles. The molecule has 0 aliphatic carbocycles. The maximum atomic E-state index is 12.5. The third kappa shape index (κ3) is 5.84. The largest absolute Gasteiger partial charge is 0.374 e. The molecule has 0 aromatic heterocycles. The molecule has 1 unspecified atom stereocenters. The first-order valence-electron chi connectivity index (χ1n) is 9.50. The highest BCUT2D eigenvalue weighted by atomic mass is 16.2. The average molecular weight is 367 g/mol. The summed E-state index contributed by atoms with van der Waals surface area (Å²) in [7, 11) is 0. The molecule has 0 aliphatic heterocycles. The van der Waals surface area contributed by atoms with Gasteiger partial charge >= 0.3 is 0 Å². The van der Waals surface area contributed by atoms with Crippen molar-refractivity contribution in [1.29, 1.82) is 0 Å². The lowest BCUT2D eigenvalue weighted by Crippen LogP contribution is -2.32. The second kappa shape index (κ2) is 9.76. The summed E-state index contributed by atoms with van der Waals surface area (Å²) in [5.41, 5.74) is 4.52. The number of nitrogens with one attached hydrogen (secondary N) is 3. The number of carbonyl (C=O) groups excluding carboxylic acids is 2. The molecule has 5 heteroatoms. The summed E-state index contributed by atoms with van der Waals surface area (Å²) in [6.07, 6.45) is 2.27. The fraction of sp³-hybridized carbons (Fsp3) is 0.364. The lowest BCUT2D eigenvalue weighted by atomic mass is 10.1. The first-order valence-corrected chi connectivity index (χ1v) is 9.50. The Bertz CT molecular complexity index is 785. The number of carbonyl (C=O) groups is 2. The van der Waals surface area contributed by atoms with E-state index in [0.717, 1.165) is 35.5 Å². The summed E-state index contributed by atoms with van der Waals surface area (Å²) in [5.74, 6) is -0.113. The monoisotopic (exact) mass is 367 g/mol. The summed E-state index contributed by atoms with van der Waals surface area (Å²) in [5, 5.41) is 9.09. The molecule has 2 aromatic rings. The number of amides is 2. The topological polar surface area (TPSA) is 70.2 Å². The lowest BCUT2D eigenvalue weighted by molar-refractivity contribution is -0.117. The maximum absolute atomic E-state index is 12.5. The van der Waals surface area contributed by atoms with Gasteiger partial charge in [-0.15, -0.1) is 0 Å². The van der Waals surface area contributed by atoms with Crippen molar-refractivity contribution in [2.45, 2.75) is 53.0 Å². The number of benzene rings is 2. The lowest BCUT2D eigenvalue weighted by Gasteiger charge is -2.19. The van der Waals surface area contributed by atoms with Crippen LogP contribution in [0.2, 0.25) is 0 Å². The smallest absolute Gasteiger partial charge is 0.246 e. The quantitative estimate of drug-likeness (QED) is 0.631. The minimum absolute atomic E-state index is 0.000863. The molecule has 0 radical (unpaired) electrons. The van der Waals surface area contributed by atoms with Crippen LogP contribution in [0.5, 0.6) is 0 Å². The molecule has 0 spiro atoms. The van der Waals surface area contributed by atoms with E-state index in [4.69, 9.17) is 0 Å². The Kier molecular flexibility index (Phi) is 7.41. The third-order valence-corrected chi connectivity index (χ3v) is 4.48. The highest BCUT2D eigenvalue weighted by Gasteiger charge is 2.15. The standard InChI is InChI=1S/C22H29N3O2/c1-5-8-21(26)25-20-10-7-9-19(15(20)3)23-16(4)22(27)24-18-13-11-17(6-2)12-14-18/h7,9-14,16,23H,5-6,8H2,1-4H3,(H,24,27)(H,25,26). The van der Waals surface area contributed by atoms with Crippen LogP contribution in [0.3, 0.4) is 0 Å². The Morgan fingerprint density at radius 1 is 0.963 bits per heavy atom. The zero-order valence-corrected chi connectivity index (χ0v) is 16.6. The van der Waals surface area contributed by atoms with Gasteiger partial charge in [-0.05, 0) is 62.1 Å². The molecule has 27 heavy (non-hydrogen) atoms. The van der Waals surface area contributed by atoms with Crippen LogP contribution in [0.1, 0.15) is 44.7 Å². The molecule has 5 nitrogen and oxygen atoms in total. The van der Waals surface area contributed by atoms with Gasteiger partial charge < -0.3 is 16.0 Å². The van der Waals surface area contributed by atoms with E-state index in [2.05, 4.69) is 22.9 Å². The zero-order chi connectivity index (χ0) is 19.8. The molecular formula is C22H29N3O2. The average Bonchev–Trinajstić information content (AvgIpc) is 2.65. The predicted molar refractivity (Wildman–Crippen MR) is 112 cm³/mol. The van der Waals surface area contributed by atoms with Crippen molar-refractivity contribution in [3.8, 4) is 0 Å². The molecule has 3 N–H and O–H groups in total. The molecule has 144 valence electrons. The normalized spacial score (nSPS) is 11.6. The fourth-order valence-electron chi connectivity index (χ4n) is 2.74. The van der Waals surface area contributed by atoms with E-state index in [1.54, 1.807) is 0 Å². The van der Waals surface area contributed by atoms with Gasteiger partial charge in [-0.1, -0.05) is 32.0 Å². The number of hydrogen-bond acceptors (Lipinski definition) is 3. The summed E-state index contributed by atoms with van der Waals surface area (Å²) in [6.45, 7) is 7.82. The van der Waals surface area contributed by atoms with Crippen molar-refractivity contribution < 1.29 is 9.59 Å². The fourth-order valence-corrected chi connectivity index (χ4v) is 2.74. The Labute approximate surface area is 161 Å². The van der Waals surface area contributed by atoms with Crippen LogP contribution in [-0.4, -0.2) is 17.9 Å². The molecule has 2 rings (SSSR count). The van der Waals surface area contributed by atoms with Crippen LogP contribution in [0.15, 0.2) is 42.5 Å². The second-order valence-electron chi connectivity index (χ2n) is 6.68. The number of aryl methyl sites for hydroxylation is 1. The Balaban J connectivity index is 2.02. The van der Waals surface area contributed by atoms with Gasteiger partial charge in [-0.2, -0.15) is 0 Å². The van der Waals surface area contributed by atoms with Crippen LogP contribution in [0.25, 0.3) is 0 Å². The van der Waals surface area contributed by atoms with Gasteiger partial charge in [0.2, 0.25) is 11.8 Å². The molecular weight excluding hydrogens is 338 g/mol. The van der Waals surface area contributed by atoms with E-state index < -0.39 is 6.04 Å². The van der Waals surface area contributed by atoms with Crippen LogP contribution in [0.4, 0.5) is 17.1 Å². The van der Waals surface area contributed by atoms with Crippen LogP contribution in [0, 0.1) is 6.92 Å². The van der Waals surface area contributed by atoms with Crippen LogP contribution < -0.4 is 16.0 Å². The van der Waals surface area contributed by atoms with Crippen LogP contribution >= 0.6 is 0 Å². The van der Waals surface area contributed by atoms with Gasteiger partial charge in [-0.25, -0.2) is 0 Å². The molecule has 0 aliphatic rings.